The molecule has 0 saturated carbocycles. The quantitative estimate of drug-likeness (QED) is 0.340. The number of hydrogen-bond donors (Lipinski definition) is 2. The van der Waals surface area contributed by atoms with Crippen molar-refractivity contribution in [1.82, 2.24) is 4.31 Å². The molecule has 0 spiro atoms. The van der Waals surface area contributed by atoms with Crippen molar-refractivity contribution in [3.63, 3.8) is 0 Å². The minimum absolute atomic E-state index is 0.00605. The number of hydrogen-bond acceptors (Lipinski definition) is 4. The zero-order chi connectivity index (χ0) is 15.2. The van der Waals surface area contributed by atoms with Crippen LogP contribution in [-0.2, 0) is 16.4 Å². The lowest BCUT2D eigenvalue weighted by molar-refractivity contribution is 0.312. The van der Waals surface area contributed by atoms with Crippen LogP contribution in [0.5, 0.6) is 0 Å². The number of oxime groups is 1. The van der Waals surface area contributed by atoms with Crippen LogP contribution in [0.1, 0.15) is 19.4 Å². The number of aryl methyl sites for hydroxylation is 1. The van der Waals surface area contributed by atoms with E-state index in [1.54, 1.807) is 13.8 Å². The third-order valence-corrected chi connectivity index (χ3v) is 4.86. The van der Waals surface area contributed by atoms with Crippen LogP contribution >= 0.6 is 0 Å². The Morgan fingerprint density at radius 3 is 2.45 bits per heavy atom. The lowest BCUT2D eigenvalue weighted by Crippen LogP contribution is -2.44. The van der Waals surface area contributed by atoms with Crippen molar-refractivity contribution in [3.05, 3.63) is 35.9 Å². The van der Waals surface area contributed by atoms with Gasteiger partial charge in [0.25, 0.3) is 0 Å². The summed E-state index contributed by atoms with van der Waals surface area (Å²) in [6, 6.07) is 9.15. The van der Waals surface area contributed by atoms with E-state index < -0.39 is 10.0 Å². The molecule has 3 N–H and O–H groups in total. The summed E-state index contributed by atoms with van der Waals surface area (Å²) in [6.07, 6.45) is 0.433. The molecule has 7 heteroatoms. The summed E-state index contributed by atoms with van der Waals surface area (Å²) in [4.78, 5) is 0. The van der Waals surface area contributed by atoms with Crippen LogP contribution < -0.4 is 5.73 Å². The third-order valence-electron chi connectivity index (χ3n) is 2.87. The van der Waals surface area contributed by atoms with E-state index in [4.69, 9.17) is 10.9 Å². The Kier molecular flexibility index (Phi) is 5.97. The van der Waals surface area contributed by atoms with Crippen molar-refractivity contribution in [2.24, 2.45) is 10.9 Å². The Balaban J connectivity index is 2.78. The standard InChI is InChI=1S/C13H21N3O3S/c1-11(2)16(10-13(14)15-17)20(18,19)9-8-12-6-4-3-5-7-12/h3-7,11,17H,8-10H2,1-2H3,(H2,14,15). The van der Waals surface area contributed by atoms with Gasteiger partial charge in [0.1, 0.15) is 0 Å². The average Bonchev–Trinajstić information content (AvgIpc) is 2.43. The molecular formula is C13H21N3O3S. The number of nitrogens with zero attached hydrogens (tertiary/aromatic N) is 2. The summed E-state index contributed by atoms with van der Waals surface area (Å²) in [5.74, 6) is -0.129. The second kappa shape index (κ2) is 7.25. The second-order valence-corrected chi connectivity index (χ2v) is 6.82. The molecule has 1 rings (SSSR count). The van der Waals surface area contributed by atoms with Crippen molar-refractivity contribution in [2.45, 2.75) is 26.3 Å². The van der Waals surface area contributed by atoms with Gasteiger partial charge in [-0.15, -0.1) is 0 Å². The van der Waals surface area contributed by atoms with Gasteiger partial charge in [-0.25, -0.2) is 8.42 Å². The SMILES string of the molecule is CC(C)N(C/C(N)=N/O)S(=O)(=O)CCc1ccccc1. The second-order valence-electron chi connectivity index (χ2n) is 4.78. The van der Waals surface area contributed by atoms with Crippen LogP contribution in [0, 0.1) is 0 Å². The van der Waals surface area contributed by atoms with E-state index in [1.807, 2.05) is 30.3 Å². The summed E-state index contributed by atoms with van der Waals surface area (Å²) in [7, 11) is -3.46. The molecule has 0 fully saturated rings. The van der Waals surface area contributed by atoms with Crippen LogP contribution in [0.15, 0.2) is 35.5 Å². The highest BCUT2D eigenvalue weighted by Crippen LogP contribution is 2.10. The lowest BCUT2D eigenvalue weighted by atomic mass is 10.2. The maximum atomic E-state index is 12.3. The minimum atomic E-state index is -3.46. The Labute approximate surface area is 119 Å². The predicted molar refractivity (Wildman–Crippen MR) is 79.2 cm³/mol. The monoisotopic (exact) mass is 299 g/mol. The van der Waals surface area contributed by atoms with E-state index >= 15 is 0 Å². The molecular weight excluding hydrogens is 278 g/mol. The van der Waals surface area contributed by atoms with Gasteiger partial charge in [-0.3, -0.25) is 0 Å². The molecule has 0 unspecified atom stereocenters. The topological polar surface area (TPSA) is 96.0 Å². The van der Waals surface area contributed by atoms with Gasteiger partial charge in [0.2, 0.25) is 10.0 Å². The molecule has 0 aromatic heterocycles. The molecule has 0 amide bonds. The first-order valence-electron chi connectivity index (χ1n) is 6.36. The van der Waals surface area contributed by atoms with Crippen LogP contribution in [-0.4, -0.2) is 42.1 Å². The maximum Gasteiger partial charge on any atom is 0.215 e. The van der Waals surface area contributed by atoms with Gasteiger partial charge in [0.15, 0.2) is 5.84 Å². The van der Waals surface area contributed by atoms with Crippen molar-refractivity contribution >= 4 is 15.9 Å². The highest BCUT2D eigenvalue weighted by atomic mass is 32.2. The molecule has 0 aliphatic heterocycles. The zero-order valence-electron chi connectivity index (χ0n) is 11.7. The molecule has 0 bridgehead atoms. The van der Waals surface area contributed by atoms with E-state index in [0.717, 1.165) is 5.56 Å². The first kappa shape index (κ1) is 16.5. The van der Waals surface area contributed by atoms with Crippen molar-refractivity contribution in [2.75, 3.05) is 12.3 Å². The molecule has 0 saturated heterocycles. The van der Waals surface area contributed by atoms with Gasteiger partial charge >= 0.3 is 0 Å². The Bertz CT molecular complexity index is 541. The van der Waals surface area contributed by atoms with Crippen molar-refractivity contribution in [1.29, 1.82) is 0 Å². The Morgan fingerprint density at radius 1 is 1.35 bits per heavy atom. The first-order chi connectivity index (χ1) is 9.36. The molecule has 0 heterocycles. The molecule has 112 valence electrons. The molecule has 0 aliphatic carbocycles. The van der Waals surface area contributed by atoms with E-state index in [9.17, 15) is 8.42 Å². The number of rotatable bonds is 7. The van der Waals surface area contributed by atoms with Crippen LogP contribution in [0.25, 0.3) is 0 Å². The fraction of sp³-hybridized carbons (Fsp3) is 0.462. The van der Waals surface area contributed by atoms with Gasteiger partial charge < -0.3 is 10.9 Å². The number of nitrogens with two attached hydrogens (primary N) is 1. The largest absolute Gasteiger partial charge is 0.409 e. The fourth-order valence-corrected chi connectivity index (χ4v) is 3.50. The summed E-state index contributed by atoms with van der Waals surface area (Å²) in [5.41, 5.74) is 6.37. The van der Waals surface area contributed by atoms with Gasteiger partial charge in [0.05, 0.1) is 12.3 Å². The highest BCUT2D eigenvalue weighted by Gasteiger charge is 2.25. The minimum Gasteiger partial charge on any atom is -0.409 e. The van der Waals surface area contributed by atoms with Gasteiger partial charge in [0, 0.05) is 6.04 Å². The van der Waals surface area contributed by atoms with E-state index in [1.165, 1.54) is 4.31 Å². The summed E-state index contributed by atoms with van der Waals surface area (Å²) >= 11 is 0. The smallest absolute Gasteiger partial charge is 0.215 e. The summed E-state index contributed by atoms with van der Waals surface area (Å²) < 4.78 is 25.9. The molecule has 0 atom stereocenters. The van der Waals surface area contributed by atoms with Crippen LogP contribution in [0.2, 0.25) is 0 Å². The van der Waals surface area contributed by atoms with Gasteiger partial charge in [-0.2, -0.15) is 4.31 Å². The molecule has 20 heavy (non-hydrogen) atoms. The fourth-order valence-electron chi connectivity index (χ4n) is 1.80. The summed E-state index contributed by atoms with van der Waals surface area (Å²) in [5, 5.41) is 11.4. The average molecular weight is 299 g/mol. The van der Waals surface area contributed by atoms with E-state index in [0.29, 0.717) is 6.42 Å². The van der Waals surface area contributed by atoms with E-state index in [-0.39, 0.29) is 24.2 Å². The van der Waals surface area contributed by atoms with Crippen LogP contribution in [0.4, 0.5) is 0 Å². The molecule has 0 aliphatic rings. The highest BCUT2D eigenvalue weighted by molar-refractivity contribution is 7.89. The van der Waals surface area contributed by atoms with Gasteiger partial charge in [-0.05, 0) is 25.8 Å². The number of benzene rings is 1. The van der Waals surface area contributed by atoms with Gasteiger partial charge in [-0.1, -0.05) is 35.5 Å². The lowest BCUT2D eigenvalue weighted by Gasteiger charge is -2.25. The van der Waals surface area contributed by atoms with Crippen molar-refractivity contribution in [3.8, 4) is 0 Å². The maximum absolute atomic E-state index is 12.3. The number of sulfonamides is 1. The molecule has 6 nitrogen and oxygen atoms in total. The van der Waals surface area contributed by atoms with E-state index in [2.05, 4.69) is 5.16 Å². The Hall–Kier alpha value is -1.60. The predicted octanol–water partition coefficient (Wildman–Crippen LogP) is 1.02. The zero-order valence-corrected chi connectivity index (χ0v) is 12.5. The molecule has 1 aromatic rings. The molecule has 0 radical (unpaired) electrons. The Morgan fingerprint density at radius 2 is 1.95 bits per heavy atom. The first-order valence-corrected chi connectivity index (χ1v) is 7.97. The van der Waals surface area contributed by atoms with Crippen molar-refractivity contribution < 1.29 is 13.6 Å². The molecule has 1 aromatic carbocycles. The normalized spacial score (nSPS) is 13.1. The summed E-state index contributed by atoms with van der Waals surface area (Å²) in [6.45, 7) is 3.40. The third kappa shape index (κ3) is 4.82. The van der Waals surface area contributed by atoms with Crippen LogP contribution in [0.3, 0.4) is 0 Å². The number of amidine groups is 1.